The minimum Gasteiger partial charge on any atom is -0.484 e. The van der Waals surface area contributed by atoms with Crippen molar-refractivity contribution in [3.05, 3.63) is 88.0 Å². The average molecular weight is 456 g/mol. The standard InChI is InChI=1S/C24H23ClFN3O3/c1-16-21(24(25)29(27-16)14-17-7-9-19(26)10-8-17)11-12-22(30)18-5-4-6-20(13-18)32-15-23(31)28(2)3/h4-13H,14-15H2,1-3H3/b12-11+. The number of carbonyl (C=O) groups excluding carboxylic acids is 2. The number of ether oxygens (including phenoxy) is 1. The SMILES string of the molecule is Cc1nn(Cc2ccc(F)cc2)c(Cl)c1/C=C/C(=O)c1cccc(OCC(=O)N(C)C)c1. The Bertz CT molecular complexity index is 1150. The van der Waals surface area contributed by atoms with E-state index in [1.54, 1.807) is 68.2 Å². The van der Waals surface area contributed by atoms with E-state index in [0.29, 0.717) is 34.3 Å². The van der Waals surface area contributed by atoms with E-state index in [2.05, 4.69) is 5.10 Å². The van der Waals surface area contributed by atoms with Gasteiger partial charge in [0.25, 0.3) is 5.91 Å². The molecule has 0 radical (unpaired) electrons. The number of ketones is 1. The van der Waals surface area contributed by atoms with Crippen molar-refractivity contribution >= 4 is 29.4 Å². The summed E-state index contributed by atoms with van der Waals surface area (Å²) in [6.07, 6.45) is 3.04. The van der Waals surface area contributed by atoms with E-state index in [4.69, 9.17) is 16.3 Å². The van der Waals surface area contributed by atoms with Gasteiger partial charge in [0, 0.05) is 25.2 Å². The van der Waals surface area contributed by atoms with Crippen molar-refractivity contribution in [2.75, 3.05) is 20.7 Å². The zero-order valence-electron chi connectivity index (χ0n) is 18.0. The van der Waals surface area contributed by atoms with Gasteiger partial charge in [-0.05, 0) is 48.9 Å². The van der Waals surface area contributed by atoms with E-state index < -0.39 is 0 Å². The maximum absolute atomic E-state index is 13.1. The van der Waals surface area contributed by atoms with Gasteiger partial charge in [-0.1, -0.05) is 35.9 Å². The Hall–Kier alpha value is -3.45. The molecule has 0 unspecified atom stereocenters. The Morgan fingerprint density at radius 1 is 1.19 bits per heavy atom. The lowest BCUT2D eigenvalue weighted by molar-refractivity contribution is -0.130. The number of hydrogen-bond donors (Lipinski definition) is 0. The lowest BCUT2D eigenvalue weighted by Gasteiger charge is -2.11. The van der Waals surface area contributed by atoms with Gasteiger partial charge in [0.2, 0.25) is 0 Å². The number of halogens is 2. The van der Waals surface area contributed by atoms with E-state index >= 15 is 0 Å². The first-order valence-corrected chi connectivity index (χ1v) is 10.2. The zero-order valence-corrected chi connectivity index (χ0v) is 18.8. The molecule has 0 bridgehead atoms. The Balaban J connectivity index is 1.71. The van der Waals surface area contributed by atoms with Crippen LogP contribution in [-0.4, -0.2) is 47.1 Å². The summed E-state index contributed by atoms with van der Waals surface area (Å²) in [7, 11) is 3.29. The molecule has 0 saturated carbocycles. The number of benzene rings is 2. The molecular weight excluding hydrogens is 433 g/mol. The van der Waals surface area contributed by atoms with E-state index in [1.165, 1.54) is 23.1 Å². The molecule has 0 aliphatic rings. The molecule has 8 heteroatoms. The summed E-state index contributed by atoms with van der Waals surface area (Å²) >= 11 is 6.47. The maximum atomic E-state index is 13.1. The summed E-state index contributed by atoms with van der Waals surface area (Å²) in [5.74, 6) is -0.293. The van der Waals surface area contributed by atoms with Crippen LogP contribution in [0.3, 0.4) is 0 Å². The molecule has 1 heterocycles. The number of allylic oxidation sites excluding steroid dienone is 1. The van der Waals surface area contributed by atoms with E-state index in [-0.39, 0.29) is 24.1 Å². The number of likely N-dealkylation sites (N-methyl/N-ethyl adjacent to an activating group) is 1. The first-order chi connectivity index (χ1) is 15.2. The highest BCUT2D eigenvalue weighted by atomic mass is 35.5. The lowest BCUT2D eigenvalue weighted by atomic mass is 10.1. The van der Waals surface area contributed by atoms with Gasteiger partial charge in [-0.2, -0.15) is 5.10 Å². The van der Waals surface area contributed by atoms with Crippen molar-refractivity contribution in [1.82, 2.24) is 14.7 Å². The molecule has 166 valence electrons. The van der Waals surface area contributed by atoms with Crippen LogP contribution in [0.2, 0.25) is 5.15 Å². The highest BCUT2D eigenvalue weighted by molar-refractivity contribution is 6.31. The van der Waals surface area contributed by atoms with Crippen LogP contribution in [0.5, 0.6) is 5.75 Å². The van der Waals surface area contributed by atoms with Crippen molar-refractivity contribution < 1.29 is 18.7 Å². The second-order valence-corrected chi connectivity index (χ2v) is 7.73. The molecule has 0 fully saturated rings. The fourth-order valence-corrected chi connectivity index (χ4v) is 3.19. The van der Waals surface area contributed by atoms with Crippen molar-refractivity contribution in [3.63, 3.8) is 0 Å². The molecule has 1 aromatic heterocycles. The highest BCUT2D eigenvalue weighted by Gasteiger charge is 2.13. The number of aromatic nitrogens is 2. The molecule has 0 spiro atoms. The lowest BCUT2D eigenvalue weighted by Crippen LogP contribution is -2.27. The zero-order chi connectivity index (χ0) is 23.3. The van der Waals surface area contributed by atoms with Crippen LogP contribution < -0.4 is 4.74 Å². The van der Waals surface area contributed by atoms with Gasteiger partial charge >= 0.3 is 0 Å². The van der Waals surface area contributed by atoms with Crippen LogP contribution >= 0.6 is 11.6 Å². The van der Waals surface area contributed by atoms with Gasteiger partial charge in [-0.3, -0.25) is 9.59 Å². The molecule has 32 heavy (non-hydrogen) atoms. The number of hydrogen-bond acceptors (Lipinski definition) is 4. The smallest absolute Gasteiger partial charge is 0.259 e. The molecule has 6 nitrogen and oxygen atoms in total. The highest BCUT2D eigenvalue weighted by Crippen LogP contribution is 2.23. The normalized spacial score (nSPS) is 11.0. The predicted molar refractivity (Wildman–Crippen MR) is 121 cm³/mol. The fraction of sp³-hybridized carbons (Fsp3) is 0.208. The predicted octanol–water partition coefficient (Wildman–Crippen LogP) is 4.40. The Labute approximate surface area is 190 Å². The third kappa shape index (κ3) is 5.82. The van der Waals surface area contributed by atoms with Gasteiger partial charge in [0.1, 0.15) is 16.7 Å². The maximum Gasteiger partial charge on any atom is 0.259 e. The van der Waals surface area contributed by atoms with Crippen LogP contribution in [0, 0.1) is 12.7 Å². The van der Waals surface area contributed by atoms with E-state index in [0.717, 1.165) is 5.56 Å². The molecule has 0 aliphatic heterocycles. The third-order valence-corrected chi connectivity index (χ3v) is 5.13. The monoisotopic (exact) mass is 455 g/mol. The second kappa shape index (κ2) is 10.2. The summed E-state index contributed by atoms with van der Waals surface area (Å²) < 4.78 is 20.2. The van der Waals surface area contributed by atoms with Crippen molar-refractivity contribution in [1.29, 1.82) is 0 Å². The average Bonchev–Trinajstić information content (AvgIpc) is 3.04. The molecule has 0 aliphatic carbocycles. The first-order valence-electron chi connectivity index (χ1n) is 9.87. The van der Waals surface area contributed by atoms with E-state index in [1.807, 2.05) is 0 Å². The van der Waals surface area contributed by atoms with Crippen molar-refractivity contribution in [3.8, 4) is 5.75 Å². The molecule has 0 atom stereocenters. The van der Waals surface area contributed by atoms with Crippen LogP contribution in [0.25, 0.3) is 6.08 Å². The molecule has 0 saturated heterocycles. The molecule has 2 aromatic carbocycles. The van der Waals surface area contributed by atoms with Crippen LogP contribution in [-0.2, 0) is 11.3 Å². The topological polar surface area (TPSA) is 64.4 Å². The van der Waals surface area contributed by atoms with Gasteiger partial charge in [-0.15, -0.1) is 0 Å². The van der Waals surface area contributed by atoms with Crippen LogP contribution in [0.15, 0.2) is 54.6 Å². The quantitative estimate of drug-likeness (QED) is 0.373. The molecular formula is C24H23ClFN3O3. The van der Waals surface area contributed by atoms with Gasteiger partial charge in [0.15, 0.2) is 12.4 Å². The van der Waals surface area contributed by atoms with Crippen molar-refractivity contribution in [2.45, 2.75) is 13.5 Å². The summed E-state index contributed by atoms with van der Waals surface area (Å²) in [6, 6.07) is 12.7. The summed E-state index contributed by atoms with van der Waals surface area (Å²) in [4.78, 5) is 25.8. The number of aryl methyl sites for hydroxylation is 1. The first kappa shape index (κ1) is 23.2. The Kier molecular flexibility index (Phi) is 7.43. The molecule has 3 aromatic rings. The molecule has 1 amide bonds. The molecule has 0 N–H and O–H groups in total. The third-order valence-electron chi connectivity index (χ3n) is 4.74. The minimum atomic E-state index is -0.308. The summed E-state index contributed by atoms with van der Waals surface area (Å²) in [5.41, 5.74) is 2.57. The minimum absolute atomic E-state index is 0.109. The van der Waals surface area contributed by atoms with Crippen LogP contribution in [0.4, 0.5) is 4.39 Å². The number of rotatable bonds is 8. The van der Waals surface area contributed by atoms with Gasteiger partial charge < -0.3 is 9.64 Å². The van der Waals surface area contributed by atoms with Crippen molar-refractivity contribution in [2.24, 2.45) is 0 Å². The Morgan fingerprint density at radius 3 is 2.59 bits per heavy atom. The fourth-order valence-electron chi connectivity index (χ4n) is 2.89. The summed E-state index contributed by atoms with van der Waals surface area (Å²) in [5, 5.41) is 4.80. The Morgan fingerprint density at radius 2 is 1.91 bits per heavy atom. The number of amides is 1. The van der Waals surface area contributed by atoms with Gasteiger partial charge in [-0.25, -0.2) is 9.07 Å². The molecule has 3 rings (SSSR count). The second-order valence-electron chi connectivity index (χ2n) is 7.38. The largest absolute Gasteiger partial charge is 0.484 e. The number of carbonyl (C=O) groups is 2. The van der Waals surface area contributed by atoms with Gasteiger partial charge in [0.05, 0.1) is 12.2 Å². The van der Waals surface area contributed by atoms with Crippen LogP contribution in [0.1, 0.15) is 27.2 Å². The number of nitrogens with zero attached hydrogens (tertiary/aromatic N) is 3. The summed E-state index contributed by atoms with van der Waals surface area (Å²) in [6.45, 7) is 2.07. The van der Waals surface area contributed by atoms with E-state index in [9.17, 15) is 14.0 Å².